The third-order valence-electron chi connectivity index (χ3n) is 3.86. The van der Waals surface area contributed by atoms with Crippen molar-refractivity contribution >= 4 is 17.6 Å². The van der Waals surface area contributed by atoms with E-state index < -0.39 is 0 Å². The van der Waals surface area contributed by atoms with E-state index in [-0.39, 0.29) is 0 Å². The van der Waals surface area contributed by atoms with E-state index in [1.54, 1.807) is 0 Å². The van der Waals surface area contributed by atoms with Gasteiger partial charge < -0.3 is 5.73 Å². The van der Waals surface area contributed by atoms with Gasteiger partial charge in [0.1, 0.15) is 0 Å². The molecule has 0 spiro atoms. The molecule has 2 aliphatic rings. The number of nitrogen functional groups attached to an aromatic ring is 1. The van der Waals surface area contributed by atoms with E-state index in [9.17, 15) is 0 Å². The maximum absolute atomic E-state index is 5.94. The van der Waals surface area contributed by atoms with Gasteiger partial charge in [-0.1, -0.05) is 23.4 Å². The molecule has 1 saturated carbocycles. The second-order valence-electron chi connectivity index (χ2n) is 5.37. The average Bonchev–Trinajstić information content (AvgIpc) is 3.05. The summed E-state index contributed by atoms with van der Waals surface area (Å²) in [7, 11) is 0. The highest BCUT2D eigenvalue weighted by atomic mass is 32.2. The van der Waals surface area contributed by atoms with Gasteiger partial charge in [0, 0.05) is 16.1 Å². The molecule has 4 nitrogen and oxygen atoms in total. The lowest BCUT2D eigenvalue weighted by Crippen LogP contribution is -2.15. The molecule has 0 bridgehead atoms. The van der Waals surface area contributed by atoms with Crippen LogP contribution in [-0.4, -0.2) is 20.2 Å². The Morgan fingerprint density at radius 2 is 2.16 bits per heavy atom. The largest absolute Gasteiger partial charge is 0.381 e. The van der Waals surface area contributed by atoms with E-state index in [0.717, 1.165) is 18.7 Å². The van der Waals surface area contributed by atoms with Crippen LogP contribution < -0.4 is 5.73 Å². The molecule has 19 heavy (non-hydrogen) atoms. The number of thioether (sulfide) groups is 1. The smallest absolute Gasteiger partial charge is 0.169 e. The predicted molar refractivity (Wildman–Crippen MR) is 76.2 cm³/mol. The Balaban J connectivity index is 1.54. The third-order valence-corrected chi connectivity index (χ3v) is 5.16. The fraction of sp³-hybridized carbons (Fsp3) is 0.429. The SMILES string of the molecule is Nc1nnn(CC2Cc3ccccc3S2)c1C1CC1. The van der Waals surface area contributed by atoms with Crippen molar-refractivity contribution in [3.63, 3.8) is 0 Å². The molecule has 1 unspecified atom stereocenters. The van der Waals surface area contributed by atoms with Crippen LogP contribution in [0.5, 0.6) is 0 Å². The Morgan fingerprint density at radius 3 is 2.95 bits per heavy atom. The highest BCUT2D eigenvalue weighted by molar-refractivity contribution is 8.00. The summed E-state index contributed by atoms with van der Waals surface area (Å²) < 4.78 is 2.04. The maximum atomic E-state index is 5.94. The number of hydrogen-bond acceptors (Lipinski definition) is 4. The lowest BCUT2D eigenvalue weighted by molar-refractivity contribution is 0.551. The van der Waals surface area contributed by atoms with Crippen LogP contribution in [0.15, 0.2) is 29.2 Å². The molecule has 1 aliphatic carbocycles. The van der Waals surface area contributed by atoms with E-state index in [1.165, 1.54) is 23.3 Å². The molecule has 1 fully saturated rings. The molecule has 1 aliphatic heterocycles. The first kappa shape index (κ1) is 11.3. The minimum Gasteiger partial charge on any atom is -0.381 e. The maximum Gasteiger partial charge on any atom is 0.169 e. The summed E-state index contributed by atoms with van der Waals surface area (Å²) in [6.07, 6.45) is 3.58. The molecular weight excluding hydrogens is 256 g/mol. The van der Waals surface area contributed by atoms with Gasteiger partial charge in [-0.2, -0.15) is 0 Å². The first-order valence-corrected chi connectivity index (χ1v) is 7.62. The molecule has 5 heteroatoms. The summed E-state index contributed by atoms with van der Waals surface area (Å²) in [5.41, 5.74) is 8.56. The van der Waals surface area contributed by atoms with Gasteiger partial charge in [-0.15, -0.1) is 16.9 Å². The number of aromatic nitrogens is 3. The topological polar surface area (TPSA) is 56.7 Å². The molecular formula is C14H16N4S. The normalized spacial score (nSPS) is 21.6. The van der Waals surface area contributed by atoms with Gasteiger partial charge in [-0.25, -0.2) is 4.68 Å². The second kappa shape index (κ2) is 4.27. The summed E-state index contributed by atoms with van der Waals surface area (Å²) in [4.78, 5) is 1.41. The summed E-state index contributed by atoms with van der Waals surface area (Å²) in [6, 6.07) is 8.65. The van der Waals surface area contributed by atoms with Crippen LogP contribution in [0.3, 0.4) is 0 Å². The fourth-order valence-electron chi connectivity index (χ4n) is 2.79. The summed E-state index contributed by atoms with van der Waals surface area (Å²) in [6.45, 7) is 0.912. The van der Waals surface area contributed by atoms with Crippen LogP contribution in [0.4, 0.5) is 5.82 Å². The van der Waals surface area contributed by atoms with Crippen LogP contribution in [0.2, 0.25) is 0 Å². The zero-order valence-electron chi connectivity index (χ0n) is 10.6. The minimum atomic E-state index is 0.552. The number of benzene rings is 1. The standard InChI is InChI=1S/C14H16N4S/c15-14-13(9-5-6-9)18(17-16-14)8-11-7-10-3-1-2-4-12(10)19-11/h1-4,9,11H,5-8,15H2. The van der Waals surface area contributed by atoms with Gasteiger partial charge in [-0.05, 0) is 30.9 Å². The van der Waals surface area contributed by atoms with E-state index in [1.807, 2.05) is 16.4 Å². The Hall–Kier alpha value is -1.49. The molecule has 2 N–H and O–H groups in total. The quantitative estimate of drug-likeness (QED) is 0.932. The van der Waals surface area contributed by atoms with Crippen molar-refractivity contribution in [2.45, 2.75) is 41.9 Å². The van der Waals surface area contributed by atoms with E-state index >= 15 is 0 Å². The van der Waals surface area contributed by atoms with Gasteiger partial charge in [0.25, 0.3) is 0 Å². The van der Waals surface area contributed by atoms with Gasteiger partial charge in [0.15, 0.2) is 5.82 Å². The first-order valence-electron chi connectivity index (χ1n) is 6.74. The number of fused-ring (bicyclic) bond motifs is 1. The number of nitrogens with two attached hydrogens (primary N) is 1. The monoisotopic (exact) mass is 272 g/mol. The van der Waals surface area contributed by atoms with Crippen molar-refractivity contribution < 1.29 is 0 Å². The van der Waals surface area contributed by atoms with Crippen LogP contribution in [0.1, 0.15) is 30.0 Å². The zero-order chi connectivity index (χ0) is 12.8. The molecule has 2 aromatic rings. The van der Waals surface area contributed by atoms with Crippen molar-refractivity contribution in [3.8, 4) is 0 Å². The second-order valence-corrected chi connectivity index (χ2v) is 6.71. The molecule has 0 radical (unpaired) electrons. The molecule has 0 amide bonds. The van der Waals surface area contributed by atoms with Gasteiger partial charge in [0.05, 0.1) is 12.2 Å². The third kappa shape index (κ3) is 2.02. The van der Waals surface area contributed by atoms with Crippen molar-refractivity contribution in [2.75, 3.05) is 5.73 Å². The van der Waals surface area contributed by atoms with Gasteiger partial charge in [0.2, 0.25) is 0 Å². The number of rotatable bonds is 3. The zero-order valence-corrected chi connectivity index (χ0v) is 11.4. The molecule has 4 rings (SSSR count). The van der Waals surface area contributed by atoms with Crippen LogP contribution >= 0.6 is 11.8 Å². The highest BCUT2D eigenvalue weighted by Crippen LogP contribution is 2.43. The summed E-state index contributed by atoms with van der Waals surface area (Å²) in [5.74, 6) is 1.23. The van der Waals surface area contributed by atoms with Gasteiger partial charge >= 0.3 is 0 Å². The van der Waals surface area contributed by atoms with E-state index in [2.05, 4.69) is 34.6 Å². The van der Waals surface area contributed by atoms with E-state index in [4.69, 9.17) is 5.73 Å². The number of nitrogens with zero attached hydrogens (tertiary/aromatic N) is 3. The van der Waals surface area contributed by atoms with E-state index in [0.29, 0.717) is 17.0 Å². The molecule has 1 aromatic heterocycles. The number of anilines is 1. The lowest BCUT2D eigenvalue weighted by atomic mass is 10.1. The molecule has 2 heterocycles. The van der Waals surface area contributed by atoms with Crippen LogP contribution in [0.25, 0.3) is 0 Å². The van der Waals surface area contributed by atoms with Crippen molar-refractivity contribution in [1.82, 2.24) is 15.0 Å². The Bertz CT molecular complexity index is 593. The highest BCUT2D eigenvalue weighted by Gasteiger charge is 2.32. The average molecular weight is 272 g/mol. The molecule has 1 aromatic carbocycles. The first-order chi connectivity index (χ1) is 9.31. The van der Waals surface area contributed by atoms with Crippen LogP contribution in [0, 0.1) is 0 Å². The van der Waals surface area contributed by atoms with Crippen molar-refractivity contribution in [2.24, 2.45) is 0 Å². The molecule has 0 saturated heterocycles. The summed E-state index contributed by atoms with van der Waals surface area (Å²) >= 11 is 1.95. The fourth-order valence-corrected chi connectivity index (χ4v) is 4.09. The predicted octanol–water partition coefficient (Wildman–Crippen LogP) is 2.45. The number of hydrogen-bond donors (Lipinski definition) is 1. The van der Waals surface area contributed by atoms with Crippen LogP contribution in [-0.2, 0) is 13.0 Å². The summed E-state index contributed by atoms with van der Waals surface area (Å²) in [5, 5.41) is 8.83. The van der Waals surface area contributed by atoms with Crippen molar-refractivity contribution in [1.29, 1.82) is 0 Å². The molecule has 1 atom stereocenters. The Morgan fingerprint density at radius 1 is 1.32 bits per heavy atom. The lowest BCUT2D eigenvalue weighted by Gasteiger charge is -2.10. The van der Waals surface area contributed by atoms with Gasteiger partial charge in [-0.3, -0.25) is 0 Å². The van der Waals surface area contributed by atoms with Crippen molar-refractivity contribution in [3.05, 3.63) is 35.5 Å². The minimum absolute atomic E-state index is 0.552. The Labute approximate surface area is 116 Å². The Kier molecular flexibility index (Phi) is 2.55. The molecule has 98 valence electrons.